The minimum absolute atomic E-state index is 0.0000355. The number of nitrogens with one attached hydrogen (secondary N) is 1. The number of methoxy groups -OCH3 is 1. The first kappa shape index (κ1) is 19.8. The maximum Gasteiger partial charge on any atom is 0.331 e. The van der Waals surface area contributed by atoms with Crippen molar-refractivity contribution in [3.63, 3.8) is 0 Å². The van der Waals surface area contributed by atoms with Gasteiger partial charge < -0.3 is 19.7 Å². The van der Waals surface area contributed by atoms with Gasteiger partial charge in [0.25, 0.3) is 17.7 Å². The number of carbonyl (C=O) groups is 2. The van der Waals surface area contributed by atoms with Crippen LogP contribution < -0.4 is 15.0 Å². The smallest absolute Gasteiger partial charge is 0.331 e. The monoisotopic (exact) mass is 410 g/mol. The molecular weight excluding hydrogens is 386 g/mol. The van der Waals surface area contributed by atoms with E-state index in [2.05, 4.69) is 15.3 Å². The van der Waals surface area contributed by atoms with Crippen molar-refractivity contribution in [2.75, 3.05) is 31.7 Å². The zero-order chi connectivity index (χ0) is 20.8. The summed E-state index contributed by atoms with van der Waals surface area (Å²) in [5.41, 5.74) is -1.19. The van der Waals surface area contributed by atoms with Crippen LogP contribution in [-0.2, 0) is 9.53 Å². The Labute approximate surface area is 167 Å². The number of esters is 1. The van der Waals surface area contributed by atoms with E-state index in [0.717, 1.165) is 25.7 Å². The number of hydrogen-bond donors (Lipinski definition) is 1. The number of amides is 1. The molecule has 1 aromatic rings. The summed E-state index contributed by atoms with van der Waals surface area (Å²) in [5, 5.41) is 2.71. The SMILES string of the molecule is COC(=O)C(C)(NC(=O)c1cnc(N2CC(F)(F)C2)c(OCC2CC2)n1)C1CC1. The number of rotatable bonds is 8. The van der Waals surface area contributed by atoms with Crippen molar-refractivity contribution in [2.45, 2.75) is 44.1 Å². The first-order valence-corrected chi connectivity index (χ1v) is 9.75. The summed E-state index contributed by atoms with van der Waals surface area (Å²) in [6, 6.07) is 0. The van der Waals surface area contributed by atoms with E-state index in [-0.39, 0.29) is 23.3 Å². The molecule has 3 fully saturated rings. The van der Waals surface area contributed by atoms with Gasteiger partial charge >= 0.3 is 5.97 Å². The fourth-order valence-electron chi connectivity index (χ4n) is 3.42. The van der Waals surface area contributed by atoms with Gasteiger partial charge in [-0.25, -0.2) is 23.5 Å². The Balaban J connectivity index is 1.54. The summed E-state index contributed by atoms with van der Waals surface area (Å²) in [5.74, 6) is -3.20. The number of carbonyl (C=O) groups excluding carboxylic acids is 2. The standard InChI is InChI=1S/C19H24F2N4O4/c1-18(12-5-6-12,17(27)28-2)24-15(26)13-7-22-14(25-9-19(20,21)10-25)16(23-13)29-8-11-3-4-11/h7,11-12H,3-6,8-10H2,1-2H3,(H,24,26). The van der Waals surface area contributed by atoms with E-state index in [0.29, 0.717) is 12.5 Å². The number of anilines is 1. The first-order valence-electron chi connectivity index (χ1n) is 9.75. The minimum Gasteiger partial charge on any atom is -0.475 e. The van der Waals surface area contributed by atoms with E-state index in [1.54, 1.807) is 6.92 Å². The summed E-state index contributed by atoms with van der Waals surface area (Å²) in [6.07, 6.45) is 4.94. The van der Waals surface area contributed by atoms with Crippen LogP contribution in [0.3, 0.4) is 0 Å². The third-order valence-corrected chi connectivity index (χ3v) is 5.63. The second kappa shape index (κ2) is 7.07. The van der Waals surface area contributed by atoms with Crippen molar-refractivity contribution in [3.05, 3.63) is 11.9 Å². The normalized spacial score (nSPS) is 22.3. The van der Waals surface area contributed by atoms with Gasteiger partial charge in [0.2, 0.25) is 0 Å². The van der Waals surface area contributed by atoms with Gasteiger partial charge in [0.05, 0.1) is 33.0 Å². The molecule has 2 saturated carbocycles. The van der Waals surface area contributed by atoms with E-state index in [9.17, 15) is 18.4 Å². The average Bonchev–Trinajstić information content (AvgIpc) is 3.55. The molecule has 1 saturated heterocycles. The Morgan fingerprint density at radius 3 is 2.55 bits per heavy atom. The van der Waals surface area contributed by atoms with Gasteiger partial charge in [0.15, 0.2) is 11.5 Å². The molecule has 10 heteroatoms. The third kappa shape index (κ3) is 4.11. The fourth-order valence-corrected chi connectivity index (χ4v) is 3.42. The predicted octanol–water partition coefficient (Wildman–Crippen LogP) is 1.79. The zero-order valence-electron chi connectivity index (χ0n) is 16.4. The second-order valence-corrected chi connectivity index (χ2v) is 8.27. The topological polar surface area (TPSA) is 93.6 Å². The molecule has 2 aliphatic carbocycles. The van der Waals surface area contributed by atoms with Crippen LogP contribution in [0, 0.1) is 11.8 Å². The largest absolute Gasteiger partial charge is 0.475 e. The van der Waals surface area contributed by atoms with Crippen LogP contribution in [0.25, 0.3) is 0 Å². The first-order chi connectivity index (χ1) is 13.7. The third-order valence-electron chi connectivity index (χ3n) is 5.63. The van der Waals surface area contributed by atoms with E-state index in [4.69, 9.17) is 9.47 Å². The molecule has 0 radical (unpaired) electrons. The number of nitrogens with zero attached hydrogens (tertiary/aromatic N) is 3. The second-order valence-electron chi connectivity index (χ2n) is 8.27. The quantitative estimate of drug-likeness (QED) is 0.653. The van der Waals surface area contributed by atoms with Crippen LogP contribution in [0.4, 0.5) is 14.6 Å². The average molecular weight is 410 g/mol. The van der Waals surface area contributed by atoms with Gasteiger partial charge in [-0.05, 0) is 44.4 Å². The van der Waals surface area contributed by atoms with Crippen molar-refractivity contribution in [3.8, 4) is 5.88 Å². The molecule has 1 aliphatic heterocycles. The summed E-state index contributed by atoms with van der Waals surface area (Å²) in [6.45, 7) is 1.10. The number of ether oxygens (including phenoxy) is 2. The molecule has 0 spiro atoms. The molecule has 1 atom stereocenters. The molecule has 2 heterocycles. The molecule has 3 aliphatic rings. The summed E-state index contributed by atoms with van der Waals surface area (Å²) in [4.78, 5) is 34.8. The number of hydrogen-bond acceptors (Lipinski definition) is 7. The molecule has 1 amide bonds. The Morgan fingerprint density at radius 2 is 2.00 bits per heavy atom. The van der Waals surface area contributed by atoms with E-state index < -0.39 is 36.4 Å². The lowest BCUT2D eigenvalue weighted by Gasteiger charge is -2.39. The van der Waals surface area contributed by atoms with E-state index in [1.807, 2.05) is 0 Å². The van der Waals surface area contributed by atoms with Gasteiger partial charge in [-0.15, -0.1) is 0 Å². The van der Waals surface area contributed by atoms with Crippen LogP contribution in [0.2, 0.25) is 0 Å². The minimum atomic E-state index is -2.77. The maximum absolute atomic E-state index is 13.3. The highest BCUT2D eigenvalue weighted by atomic mass is 19.3. The van der Waals surface area contributed by atoms with Crippen LogP contribution >= 0.6 is 0 Å². The van der Waals surface area contributed by atoms with E-state index in [1.165, 1.54) is 18.2 Å². The zero-order valence-corrected chi connectivity index (χ0v) is 16.4. The molecule has 0 bridgehead atoms. The van der Waals surface area contributed by atoms with Crippen molar-refractivity contribution < 1.29 is 27.8 Å². The highest BCUT2D eigenvalue weighted by Gasteiger charge is 2.50. The van der Waals surface area contributed by atoms with Gasteiger partial charge in [-0.3, -0.25) is 4.79 Å². The molecule has 29 heavy (non-hydrogen) atoms. The summed E-state index contributed by atoms with van der Waals surface area (Å²) >= 11 is 0. The van der Waals surface area contributed by atoms with Gasteiger partial charge in [-0.1, -0.05) is 0 Å². The Kier molecular flexibility index (Phi) is 4.82. The molecule has 1 unspecified atom stereocenters. The van der Waals surface area contributed by atoms with Gasteiger partial charge in [0.1, 0.15) is 5.54 Å². The Bertz CT molecular complexity index is 820. The van der Waals surface area contributed by atoms with Gasteiger partial charge in [0, 0.05) is 0 Å². The Morgan fingerprint density at radius 1 is 1.31 bits per heavy atom. The number of alkyl halides is 2. The molecule has 1 N–H and O–H groups in total. The Hall–Kier alpha value is -2.52. The van der Waals surface area contributed by atoms with Gasteiger partial charge in [-0.2, -0.15) is 0 Å². The molecule has 1 aromatic heterocycles. The highest BCUT2D eigenvalue weighted by molar-refractivity contribution is 5.97. The lowest BCUT2D eigenvalue weighted by Crippen LogP contribution is -2.57. The van der Waals surface area contributed by atoms with Crippen molar-refractivity contribution >= 4 is 17.7 Å². The predicted molar refractivity (Wildman–Crippen MR) is 98.0 cm³/mol. The lowest BCUT2D eigenvalue weighted by atomic mass is 9.95. The van der Waals surface area contributed by atoms with Crippen LogP contribution in [0.1, 0.15) is 43.1 Å². The maximum atomic E-state index is 13.3. The molecule has 0 aromatic carbocycles. The van der Waals surface area contributed by atoms with Crippen molar-refractivity contribution in [1.82, 2.24) is 15.3 Å². The number of aromatic nitrogens is 2. The van der Waals surface area contributed by atoms with Crippen molar-refractivity contribution in [1.29, 1.82) is 0 Å². The lowest BCUT2D eigenvalue weighted by molar-refractivity contribution is -0.148. The van der Waals surface area contributed by atoms with Crippen LogP contribution in [0.5, 0.6) is 5.88 Å². The fraction of sp³-hybridized carbons (Fsp3) is 0.684. The molecule has 8 nitrogen and oxygen atoms in total. The summed E-state index contributed by atoms with van der Waals surface area (Å²) in [7, 11) is 1.27. The van der Waals surface area contributed by atoms with E-state index >= 15 is 0 Å². The summed E-state index contributed by atoms with van der Waals surface area (Å²) < 4.78 is 37.1. The molecule has 158 valence electrons. The van der Waals surface area contributed by atoms with Crippen LogP contribution in [-0.4, -0.2) is 60.1 Å². The number of halogens is 2. The van der Waals surface area contributed by atoms with Crippen LogP contribution in [0.15, 0.2) is 6.20 Å². The highest BCUT2D eigenvalue weighted by Crippen LogP contribution is 2.40. The molecular formula is C19H24F2N4O4. The van der Waals surface area contributed by atoms with Crippen molar-refractivity contribution in [2.24, 2.45) is 11.8 Å². The molecule has 4 rings (SSSR count).